The van der Waals surface area contributed by atoms with Crippen LogP contribution in [0.4, 0.5) is 0 Å². The van der Waals surface area contributed by atoms with Crippen LogP contribution in [0, 0.1) is 0 Å². The van der Waals surface area contributed by atoms with Gasteiger partial charge in [0.1, 0.15) is 0 Å². The lowest BCUT2D eigenvalue weighted by Gasteiger charge is -2.00. The Kier molecular flexibility index (Phi) is 2.26. The molecule has 0 N–H and O–H groups in total. The van der Waals surface area contributed by atoms with Crippen LogP contribution >= 0.6 is 0 Å². The summed E-state index contributed by atoms with van der Waals surface area (Å²) >= 11 is 0. The fraction of sp³-hybridized carbons (Fsp3) is 0.0769. The maximum atomic E-state index is 11.2. The molecule has 0 radical (unpaired) electrons. The summed E-state index contributed by atoms with van der Waals surface area (Å²) in [5.74, 6) is -0.227. The first kappa shape index (κ1) is 9.84. The van der Waals surface area contributed by atoms with E-state index in [1.165, 1.54) is 0 Å². The Balaban J connectivity index is 2.08. The number of pyridine rings is 2. The number of hydrogen-bond donors (Lipinski definition) is 0. The van der Waals surface area contributed by atoms with Crippen LogP contribution in [0.2, 0.25) is 0 Å². The average molecular weight is 223 g/mol. The first-order chi connectivity index (χ1) is 8.33. The van der Waals surface area contributed by atoms with E-state index in [-0.39, 0.29) is 5.91 Å². The van der Waals surface area contributed by atoms with E-state index >= 15 is 0 Å². The van der Waals surface area contributed by atoms with E-state index in [0.29, 0.717) is 5.49 Å². The monoisotopic (exact) mass is 223 g/mol. The minimum absolute atomic E-state index is 0.227. The molecule has 0 unspecified atom stereocenters. The number of amides is 1. The fourth-order valence-electron chi connectivity index (χ4n) is 1.88. The van der Waals surface area contributed by atoms with Gasteiger partial charge in [0.25, 0.3) is 5.91 Å². The highest BCUT2D eigenvalue weighted by atomic mass is 16.1. The SMILES string of the molecule is O=C1C=c2c(Cc3ccncc3)ccnc2=N1. The molecule has 2 aromatic heterocycles. The van der Waals surface area contributed by atoms with Crippen LogP contribution < -0.4 is 10.7 Å². The average Bonchev–Trinajstić information content (AvgIpc) is 2.72. The summed E-state index contributed by atoms with van der Waals surface area (Å²) in [7, 11) is 0. The van der Waals surface area contributed by atoms with Gasteiger partial charge in [-0.3, -0.25) is 9.78 Å². The molecular weight excluding hydrogens is 214 g/mol. The van der Waals surface area contributed by atoms with Gasteiger partial charge in [-0.25, -0.2) is 4.98 Å². The number of fused-ring (bicyclic) bond motifs is 1. The lowest BCUT2D eigenvalue weighted by atomic mass is 10.1. The molecule has 0 fully saturated rings. The van der Waals surface area contributed by atoms with E-state index in [0.717, 1.165) is 22.8 Å². The first-order valence-corrected chi connectivity index (χ1v) is 5.30. The highest BCUT2D eigenvalue weighted by Crippen LogP contribution is 2.03. The van der Waals surface area contributed by atoms with Crippen molar-refractivity contribution in [3.63, 3.8) is 0 Å². The van der Waals surface area contributed by atoms with E-state index in [1.54, 1.807) is 24.7 Å². The third-order valence-electron chi connectivity index (χ3n) is 2.69. The zero-order valence-corrected chi connectivity index (χ0v) is 9.00. The minimum Gasteiger partial charge on any atom is -0.267 e. The Morgan fingerprint density at radius 2 is 1.88 bits per heavy atom. The van der Waals surface area contributed by atoms with Gasteiger partial charge >= 0.3 is 0 Å². The third kappa shape index (κ3) is 1.85. The maximum Gasteiger partial charge on any atom is 0.272 e. The van der Waals surface area contributed by atoms with Gasteiger partial charge in [0.2, 0.25) is 0 Å². The van der Waals surface area contributed by atoms with Crippen LogP contribution in [0.25, 0.3) is 6.08 Å². The number of carbonyl (C=O) groups is 1. The molecule has 0 saturated heterocycles. The van der Waals surface area contributed by atoms with Gasteiger partial charge in [-0.2, -0.15) is 4.99 Å². The van der Waals surface area contributed by atoms with E-state index < -0.39 is 0 Å². The zero-order valence-electron chi connectivity index (χ0n) is 9.00. The smallest absolute Gasteiger partial charge is 0.267 e. The summed E-state index contributed by atoms with van der Waals surface area (Å²) < 4.78 is 0. The van der Waals surface area contributed by atoms with Crippen LogP contribution in [0.15, 0.2) is 41.8 Å². The topological polar surface area (TPSA) is 55.2 Å². The molecule has 4 heteroatoms. The predicted molar refractivity (Wildman–Crippen MR) is 61.5 cm³/mol. The zero-order chi connectivity index (χ0) is 11.7. The lowest BCUT2D eigenvalue weighted by molar-refractivity contribution is -0.112. The third-order valence-corrected chi connectivity index (χ3v) is 2.69. The number of carbonyl (C=O) groups excluding carboxylic acids is 1. The fourth-order valence-corrected chi connectivity index (χ4v) is 1.88. The van der Waals surface area contributed by atoms with E-state index in [4.69, 9.17) is 0 Å². The van der Waals surface area contributed by atoms with Crippen LogP contribution in [0.5, 0.6) is 0 Å². The molecule has 1 amide bonds. The number of rotatable bonds is 2. The maximum absolute atomic E-state index is 11.2. The second-order valence-corrected chi connectivity index (χ2v) is 3.83. The van der Waals surface area contributed by atoms with Gasteiger partial charge in [0.05, 0.1) is 0 Å². The molecule has 17 heavy (non-hydrogen) atoms. The molecule has 1 aliphatic heterocycles. The molecule has 0 saturated carbocycles. The Morgan fingerprint density at radius 3 is 2.71 bits per heavy atom. The highest BCUT2D eigenvalue weighted by molar-refractivity contribution is 6.06. The van der Waals surface area contributed by atoms with Crippen LogP contribution in [-0.4, -0.2) is 15.9 Å². The summed E-state index contributed by atoms with van der Waals surface area (Å²) in [6.07, 6.45) is 7.50. The molecule has 82 valence electrons. The molecule has 2 aromatic rings. The van der Waals surface area contributed by atoms with Gasteiger partial charge in [0.15, 0.2) is 5.49 Å². The molecule has 0 atom stereocenters. The standard InChI is InChI=1S/C13H9N3O/c17-12-8-11-10(3-6-15-13(11)16-12)7-9-1-4-14-5-2-9/h1-6,8H,7H2. The Morgan fingerprint density at radius 1 is 1.06 bits per heavy atom. The summed E-state index contributed by atoms with van der Waals surface area (Å²) in [4.78, 5) is 23.1. The van der Waals surface area contributed by atoms with E-state index in [2.05, 4.69) is 15.0 Å². The Labute approximate surface area is 97.4 Å². The molecule has 0 aliphatic carbocycles. The molecule has 3 heterocycles. The van der Waals surface area contributed by atoms with Crippen LogP contribution in [-0.2, 0) is 11.2 Å². The second kappa shape index (κ2) is 3.90. The number of aromatic nitrogens is 2. The Bertz CT molecular complexity index is 692. The van der Waals surface area contributed by atoms with Gasteiger partial charge in [-0.1, -0.05) is 0 Å². The molecule has 0 spiro atoms. The van der Waals surface area contributed by atoms with Crippen molar-refractivity contribution in [2.75, 3.05) is 0 Å². The van der Waals surface area contributed by atoms with Gasteiger partial charge in [-0.05, 0) is 35.7 Å². The highest BCUT2D eigenvalue weighted by Gasteiger charge is 2.08. The van der Waals surface area contributed by atoms with Crippen molar-refractivity contribution in [3.8, 4) is 0 Å². The molecule has 4 nitrogen and oxygen atoms in total. The summed E-state index contributed by atoms with van der Waals surface area (Å²) in [6, 6.07) is 5.84. The molecule has 0 bridgehead atoms. The van der Waals surface area contributed by atoms with Crippen molar-refractivity contribution in [2.45, 2.75) is 6.42 Å². The molecule has 0 aromatic carbocycles. The summed E-state index contributed by atoms with van der Waals surface area (Å²) in [5, 5.41) is 0.842. The lowest BCUT2D eigenvalue weighted by Crippen LogP contribution is -2.28. The number of hydrogen-bond acceptors (Lipinski definition) is 3. The summed E-state index contributed by atoms with van der Waals surface area (Å²) in [6.45, 7) is 0. The summed E-state index contributed by atoms with van der Waals surface area (Å²) in [5.41, 5.74) is 2.75. The van der Waals surface area contributed by atoms with Gasteiger partial charge in [0, 0.05) is 29.9 Å². The normalized spacial score (nSPS) is 12.8. The van der Waals surface area contributed by atoms with E-state index in [9.17, 15) is 4.79 Å². The quantitative estimate of drug-likeness (QED) is 0.720. The van der Waals surface area contributed by atoms with E-state index in [1.807, 2.05) is 18.2 Å². The van der Waals surface area contributed by atoms with Crippen molar-refractivity contribution in [1.29, 1.82) is 0 Å². The predicted octanol–water partition coefficient (Wildman–Crippen LogP) is 0.00770. The van der Waals surface area contributed by atoms with Crippen molar-refractivity contribution in [2.24, 2.45) is 4.99 Å². The minimum atomic E-state index is -0.227. The molecule has 1 aliphatic rings. The second-order valence-electron chi connectivity index (χ2n) is 3.83. The number of nitrogens with zero attached hydrogens (tertiary/aromatic N) is 3. The van der Waals surface area contributed by atoms with Crippen LogP contribution in [0.3, 0.4) is 0 Å². The largest absolute Gasteiger partial charge is 0.272 e. The van der Waals surface area contributed by atoms with Crippen molar-refractivity contribution < 1.29 is 4.79 Å². The van der Waals surface area contributed by atoms with Gasteiger partial charge in [-0.15, -0.1) is 0 Å². The molecular formula is C13H9N3O. The first-order valence-electron chi connectivity index (χ1n) is 5.30. The van der Waals surface area contributed by atoms with Crippen molar-refractivity contribution in [3.05, 3.63) is 58.6 Å². The Hall–Kier alpha value is -2.36. The van der Waals surface area contributed by atoms with Crippen molar-refractivity contribution >= 4 is 12.0 Å². The van der Waals surface area contributed by atoms with Crippen molar-refractivity contribution in [1.82, 2.24) is 9.97 Å². The molecule has 3 rings (SSSR count). The van der Waals surface area contributed by atoms with Crippen LogP contribution in [0.1, 0.15) is 11.1 Å². The van der Waals surface area contributed by atoms with Gasteiger partial charge < -0.3 is 0 Å².